The van der Waals surface area contributed by atoms with Crippen molar-refractivity contribution in [2.24, 2.45) is 16.8 Å². The first-order valence-corrected chi connectivity index (χ1v) is 10.4. The number of nitrogens with zero attached hydrogens (tertiary/aromatic N) is 2. The number of thioether (sulfide) groups is 2. The molecule has 0 aromatic rings. The zero-order chi connectivity index (χ0) is 19.0. The average molecular weight is 402 g/mol. The van der Waals surface area contributed by atoms with E-state index < -0.39 is 30.0 Å². The molecule has 4 atom stereocenters. The van der Waals surface area contributed by atoms with Gasteiger partial charge in [-0.25, -0.2) is 4.79 Å². The second-order valence-electron chi connectivity index (χ2n) is 6.77. The van der Waals surface area contributed by atoms with E-state index in [0.29, 0.717) is 4.91 Å². The van der Waals surface area contributed by atoms with Crippen molar-refractivity contribution in [1.29, 1.82) is 0 Å². The Labute approximate surface area is 160 Å². The highest BCUT2D eigenvalue weighted by molar-refractivity contribution is 8.14. The van der Waals surface area contributed by atoms with E-state index in [0.717, 1.165) is 30.6 Å². The Morgan fingerprint density at radius 1 is 1.38 bits per heavy atom. The van der Waals surface area contributed by atoms with E-state index in [2.05, 4.69) is 15.2 Å². The van der Waals surface area contributed by atoms with Crippen LogP contribution in [0.2, 0.25) is 0 Å². The summed E-state index contributed by atoms with van der Waals surface area (Å²) in [6.07, 6.45) is -1.08. The van der Waals surface area contributed by atoms with Crippen molar-refractivity contribution in [3.63, 3.8) is 0 Å². The molecular weight excluding hydrogens is 378 g/mol. The summed E-state index contributed by atoms with van der Waals surface area (Å²) in [7, 11) is 0. The van der Waals surface area contributed by atoms with Crippen LogP contribution in [0.25, 0.3) is 0 Å². The highest BCUT2D eigenvalue weighted by Crippen LogP contribution is 2.42. The SMILES string of the molecule is C[C@@H](O)C(C(=O)O)C1NC(C(=O)O)=C(SC2CN(C3=NCCS3)C2)[C@@H]1C. The van der Waals surface area contributed by atoms with Gasteiger partial charge >= 0.3 is 11.9 Å². The molecule has 3 aliphatic heterocycles. The third-order valence-corrected chi connectivity index (χ3v) is 7.39. The first-order chi connectivity index (χ1) is 12.3. The van der Waals surface area contributed by atoms with Gasteiger partial charge in [-0.15, -0.1) is 11.8 Å². The molecule has 0 amide bonds. The van der Waals surface area contributed by atoms with Gasteiger partial charge in [-0.3, -0.25) is 9.79 Å². The molecule has 26 heavy (non-hydrogen) atoms. The minimum Gasteiger partial charge on any atom is -0.481 e. The Morgan fingerprint density at radius 3 is 2.58 bits per heavy atom. The first-order valence-electron chi connectivity index (χ1n) is 8.53. The van der Waals surface area contributed by atoms with E-state index >= 15 is 0 Å². The van der Waals surface area contributed by atoms with Gasteiger partial charge < -0.3 is 25.5 Å². The lowest BCUT2D eigenvalue weighted by Gasteiger charge is -2.40. The number of carboxylic acids is 2. The van der Waals surface area contributed by atoms with Gasteiger partial charge in [0.15, 0.2) is 5.17 Å². The number of carboxylic acid groups (broad SMARTS) is 2. The summed E-state index contributed by atoms with van der Waals surface area (Å²) < 4.78 is 0. The van der Waals surface area contributed by atoms with E-state index in [9.17, 15) is 24.9 Å². The number of amidine groups is 1. The maximum Gasteiger partial charge on any atom is 0.352 e. The number of aliphatic carboxylic acids is 2. The minimum absolute atomic E-state index is 0.0606. The summed E-state index contributed by atoms with van der Waals surface area (Å²) in [6, 6.07) is -0.646. The van der Waals surface area contributed by atoms with E-state index in [1.807, 2.05) is 6.92 Å². The monoisotopic (exact) mass is 401 g/mol. The van der Waals surface area contributed by atoms with Crippen LogP contribution in [0, 0.1) is 11.8 Å². The van der Waals surface area contributed by atoms with Crippen LogP contribution in [0.4, 0.5) is 0 Å². The summed E-state index contributed by atoms with van der Waals surface area (Å²) in [5, 5.41) is 33.0. The van der Waals surface area contributed by atoms with E-state index in [1.54, 1.807) is 11.8 Å². The van der Waals surface area contributed by atoms with Gasteiger partial charge in [0, 0.05) is 41.0 Å². The fourth-order valence-corrected chi connectivity index (χ4v) is 5.88. The van der Waals surface area contributed by atoms with Crippen LogP contribution >= 0.6 is 23.5 Å². The number of hydrogen-bond acceptors (Lipinski definition) is 8. The standard InChI is InChI=1S/C16H23N3O5S2/c1-7-11(10(8(2)20)14(21)22)18-12(15(23)24)13(7)26-9-5-19(6-9)16-17-3-4-25-16/h7-11,18,20H,3-6H2,1-2H3,(H,21,22)(H,23,24)/t7-,8-,10?,11?/m1/s1. The lowest BCUT2D eigenvalue weighted by Crippen LogP contribution is -2.51. The molecule has 0 spiro atoms. The van der Waals surface area contributed by atoms with Gasteiger partial charge in [0.05, 0.1) is 12.6 Å². The van der Waals surface area contributed by atoms with Gasteiger partial charge in [-0.2, -0.15) is 0 Å². The van der Waals surface area contributed by atoms with Crippen LogP contribution < -0.4 is 5.32 Å². The van der Waals surface area contributed by atoms with Gasteiger partial charge in [-0.05, 0) is 6.92 Å². The molecule has 144 valence electrons. The molecule has 8 nitrogen and oxygen atoms in total. The highest BCUT2D eigenvalue weighted by Gasteiger charge is 2.45. The second kappa shape index (κ2) is 7.69. The van der Waals surface area contributed by atoms with Crippen LogP contribution in [0.1, 0.15) is 13.8 Å². The molecule has 10 heteroatoms. The Bertz CT molecular complexity index is 660. The zero-order valence-corrected chi connectivity index (χ0v) is 16.2. The first kappa shape index (κ1) is 19.4. The molecule has 0 bridgehead atoms. The van der Waals surface area contributed by atoms with Crippen LogP contribution in [0.15, 0.2) is 15.6 Å². The lowest BCUT2D eigenvalue weighted by molar-refractivity contribution is -0.147. The molecule has 3 rings (SSSR count). The molecule has 1 saturated heterocycles. The van der Waals surface area contributed by atoms with Gasteiger partial charge in [-0.1, -0.05) is 18.7 Å². The number of hydrogen-bond donors (Lipinski definition) is 4. The lowest BCUT2D eigenvalue weighted by atomic mass is 9.87. The molecule has 1 fully saturated rings. The molecule has 0 radical (unpaired) electrons. The molecule has 3 heterocycles. The summed E-state index contributed by atoms with van der Waals surface area (Å²) >= 11 is 3.24. The number of rotatable bonds is 6. The van der Waals surface area contributed by atoms with Crippen molar-refractivity contribution in [3.05, 3.63) is 10.6 Å². The molecule has 3 aliphatic rings. The van der Waals surface area contributed by atoms with Crippen LogP contribution in [-0.4, -0.2) is 80.1 Å². The number of aliphatic imine (C=N–C) groups is 1. The number of aliphatic hydroxyl groups excluding tert-OH is 1. The molecule has 0 aromatic carbocycles. The molecular formula is C16H23N3O5S2. The predicted octanol–water partition coefficient (Wildman–Crippen LogP) is 0.492. The van der Waals surface area contributed by atoms with Gasteiger partial charge in [0.25, 0.3) is 0 Å². The van der Waals surface area contributed by atoms with Crippen LogP contribution in [-0.2, 0) is 9.59 Å². The fraction of sp³-hybridized carbons (Fsp3) is 0.688. The summed E-state index contributed by atoms with van der Waals surface area (Å²) in [6.45, 7) is 5.71. The summed E-state index contributed by atoms with van der Waals surface area (Å²) in [5.41, 5.74) is 0.0606. The van der Waals surface area contributed by atoms with Crippen molar-refractivity contribution in [1.82, 2.24) is 10.2 Å². The average Bonchev–Trinajstić information content (AvgIpc) is 3.12. The zero-order valence-electron chi connectivity index (χ0n) is 14.6. The third-order valence-electron chi connectivity index (χ3n) is 4.90. The fourth-order valence-electron chi connectivity index (χ4n) is 3.51. The number of carbonyl (C=O) groups is 2. The maximum atomic E-state index is 11.7. The number of likely N-dealkylation sites (tertiary alicyclic amines) is 1. The summed E-state index contributed by atoms with van der Waals surface area (Å²) in [4.78, 5) is 30.5. The van der Waals surface area contributed by atoms with Gasteiger partial charge in [0.2, 0.25) is 0 Å². The number of nitrogens with one attached hydrogen (secondary N) is 1. The molecule has 4 N–H and O–H groups in total. The van der Waals surface area contributed by atoms with Crippen molar-refractivity contribution in [2.45, 2.75) is 31.2 Å². The Balaban J connectivity index is 1.69. The number of aliphatic hydroxyl groups is 1. The minimum atomic E-state index is -1.13. The molecule has 0 aliphatic carbocycles. The maximum absolute atomic E-state index is 11.7. The Kier molecular flexibility index (Phi) is 5.73. The normalized spacial score (nSPS) is 28.4. The second-order valence-corrected chi connectivity index (χ2v) is 9.17. The smallest absolute Gasteiger partial charge is 0.352 e. The van der Waals surface area contributed by atoms with Crippen molar-refractivity contribution >= 4 is 40.6 Å². The highest BCUT2D eigenvalue weighted by atomic mass is 32.2. The third kappa shape index (κ3) is 3.67. The van der Waals surface area contributed by atoms with Crippen LogP contribution in [0.3, 0.4) is 0 Å². The van der Waals surface area contributed by atoms with E-state index in [4.69, 9.17) is 0 Å². The quantitative estimate of drug-likeness (QED) is 0.504. The predicted molar refractivity (Wildman–Crippen MR) is 101 cm³/mol. The molecule has 2 unspecified atom stereocenters. The topological polar surface area (TPSA) is 122 Å². The molecule has 0 aromatic heterocycles. The van der Waals surface area contributed by atoms with Crippen molar-refractivity contribution < 1.29 is 24.9 Å². The largest absolute Gasteiger partial charge is 0.481 e. The van der Waals surface area contributed by atoms with Crippen molar-refractivity contribution in [3.8, 4) is 0 Å². The van der Waals surface area contributed by atoms with Crippen molar-refractivity contribution in [2.75, 3.05) is 25.4 Å². The van der Waals surface area contributed by atoms with E-state index in [1.165, 1.54) is 18.7 Å². The summed E-state index contributed by atoms with van der Waals surface area (Å²) in [5.74, 6) is -2.58. The van der Waals surface area contributed by atoms with Gasteiger partial charge in [0.1, 0.15) is 11.6 Å². The van der Waals surface area contributed by atoms with Crippen LogP contribution in [0.5, 0.6) is 0 Å². The Morgan fingerprint density at radius 2 is 2.08 bits per heavy atom. The molecule has 0 saturated carbocycles. The Hall–Kier alpha value is -1.39. The van der Waals surface area contributed by atoms with E-state index in [-0.39, 0.29) is 16.9 Å².